The quantitative estimate of drug-likeness (QED) is 0.864. The Morgan fingerprint density at radius 2 is 2.47 bits per heavy atom. The molecule has 1 aliphatic rings. The molecular formula is C12H19NS2. The highest BCUT2D eigenvalue weighted by molar-refractivity contribution is 8.00. The maximum atomic E-state index is 3.64. The summed E-state index contributed by atoms with van der Waals surface area (Å²) in [6.07, 6.45) is 2.76. The van der Waals surface area contributed by atoms with E-state index in [0.29, 0.717) is 6.04 Å². The smallest absolute Gasteiger partial charge is 0.0448 e. The van der Waals surface area contributed by atoms with E-state index in [0.717, 1.165) is 11.8 Å². The lowest BCUT2D eigenvalue weighted by Crippen LogP contribution is -2.28. The summed E-state index contributed by atoms with van der Waals surface area (Å²) in [4.78, 5) is 1.43. The van der Waals surface area contributed by atoms with Crippen LogP contribution in [-0.4, -0.2) is 17.5 Å². The minimum Gasteiger partial charge on any atom is -0.309 e. The molecule has 2 atom stereocenters. The van der Waals surface area contributed by atoms with E-state index < -0.39 is 0 Å². The van der Waals surface area contributed by atoms with Crippen LogP contribution in [0.15, 0.2) is 11.4 Å². The molecule has 0 aliphatic carbocycles. The fraction of sp³-hybridized carbons (Fsp3) is 0.667. The number of aryl methyl sites for hydroxylation is 1. The van der Waals surface area contributed by atoms with Gasteiger partial charge in [-0.3, -0.25) is 0 Å². The minimum atomic E-state index is 0.576. The van der Waals surface area contributed by atoms with Crippen LogP contribution in [-0.2, 0) is 0 Å². The number of nitrogens with one attached hydrogen (secondary N) is 1. The molecule has 2 unspecified atom stereocenters. The van der Waals surface area contributed by atoms with Crippen LogP contribution < -0.4 is 5.32 Å². The molecule has 1 fully saturated rings. The van der Waals surface area contributed by atoms with Crippen LogP contribution in [0, 0.1) is 6.92 Å². The van der Waals surface area contributed by atoms with Crippen molar-refractivity contribution in [1.29, 1.82) is 0 Å². The van der Waals surface area contributed by atoms with Gasteiger partial charge in [-0.05, 0) is 49.1 Å². The van der Waals surface area contributed by atoms with Crippen LogP contribution in [0.4, 0.5) is 0 Å². The van der Waals surface area contributed by atoms with Crippen LogP contribution in [0.1, 0.15) is 36.2 Å². The third-order valence-electron chi connectivity index (χ3n) is 2.87. The second-order valence-corrected chi connectivity index (χ2v) is 6.54. The van der Waals surface area contributed by atoms with Crippen molar-refractivity contribution in [2.75, 3.05) is 12.3 Å². The van der Waals surface area contributed by atoms with Gasteiger partial charge in [-0.25, -0.2) is 0 Å². The van der Waals surface area contributed by atoms with Crippen molar-refractivity contribution in [2.45, 2.75) is 38.0 Å². The van der Waals surface area contributed by atoms with Gasteiger partial charge in [-0.15, -0.1) is 11.3 Å². The summed E-state index contributed by atoms with van der Waals surface area (Å²) in [5.74, 6) is 1.34. The number of rotatable bonds is 4. The van der Waals surface area contributed by atoms with Crippen LogP contribution in [0.3, 0.4) is 0 Å². The first-order valence-electron chi connectivity index (χ1n) is 5.71. The Bertz CT molecular complexity index is 302. The normalized spacial score (nSPS) is 23.2. The highest BCUT2D eigenvalue weighted by Crippen LogP contribution is 2.37. The first-order chi connectivity index (χ1) is 7.31. The molecular weight excluding hydrogens is 222 g/mol. The van der Waals surface area contributed by atoms with Gasteiger partial charge in [0.15, 0.2) is 0 Å². The third kappa shape index (κ3) is 2.77. The topological polar surface area (TPSA) is 12.0 Å². The van der Waals surface area contributed by atoms with E-state index in [1.54, 1.807) is 0 Å². The molecule has 0 amide bonds. The van der Waals surface area contributed by atoms with Gasteiger partial charge in [0.1, 0.15) is 0 Å². The Kier molecular flexibility index (Phi) is 4.12. The van der Waals surface area contributed by atoms with E-state index >= 15 is 0 Å². The predicted octanol–water partition coefficient (Wildman–Crippen LogP) is 3.60. The van der Waals surface area contributed by atoms with E-state index in [-0.39, 0.29) is 0 Å². The lowest BCUT2D eigenvalue weighted by atomic mass is 10.0. The molecule has 1 aliphatic heterocycles. The van der Waals surface area contributed by atoms with Crippen molar-refractivity contribution in [3.8, 4) is 0 Å². The van der Waals surface area contributed by atoms with Gasteiger partial charge in [0.2, 0.25) is 0 Å². The zero-order valence-corrected chi connectivity index (χ0v) is 11.1. The minimum absolute atomic E-state index is 0.576. The first kappa shape index (κ1) is 11.5. The maximum absolute atomic E-state index is 3.64. The van der Waals surface area contributed by atoms with Crippen LogP contribution in [0.2, 0.25) is 0 Å². The lowest BCUT2D eigenvalue weighted by molar-refractivity contribution is 0.520. The predicted molar refractivity (Wildman–Crippen MR) is 71.0 cm³/mol. The van der Waals surface area contributed by atoms with Gasteiger partial charge in [-0.1, -0.05) is 6.92 Å². The fourth-order valence-electron chi connectivity index (χ4n) is 2.18. The molecule has 0 aromatic carbocycles. The molecule has 1 N–H and O–H groups in total. The molecule has 0 radical (unpaired) electrons. The summed E-state index contributed by atoms with van der Waals surface area (Å²) >= 11 is 4.00. The Labute approximate surface area is 101 Å². The number of thiophene rings is 1. The largest absolute Gasteiger partial charge is 0.309 e. The van der Waals surface area contributed by atoms with Crippen molar-refractivity contribution in [2.24, 2.45) is 0 Å². The highest BCUT2D eigenvalue weighted by Gasteiger charge is 2.26. The first-order valence-corrected chi connectivity index (χ1v) is 7.64. The molecule has 2 heterocycles. The lowest BCUT2D eigenvalue weighted by Gasteiger charge is -2.22. The van der Waals surface area contributed by atoms with Crippen molar-refractivity contribution >= 4 is 23.1 Å². The van der Waals surface area contributed by atoms with E-state index in [1.165, 1.54) is 29.0 Å². The number of hydrogen-bond donors (Lipinski definition) is 1. The molecule has 1 saturated heterocycles. The molecule has 0 spiro atoms. The van der Waals surface area contributed by atoms with Crippen LogP contribution >= 0.6 is 23.1 Å². The average Bonchev–Trinajstić information content (AvgIpc) is 2.85. The third-order valence-corrected chi connectivity index (χ3v) is 5.21. The van der Waals surface area contributed by atoms with Crippen molar-refractivity contribution < 1.29 is 0 Å². The molecule has 1 aromatic rings. The molecule has 84 valence electrons. The summed E-state index contributed by atoms with van der Waals surface area (Å²) in [7, 11) is 0. The highest BCUT2D eigenvalue weighted by atomic mass is 32.2. The zero-order chi connectivity index (χ0) is 10.7. The van der Waals surface area contributed by atoms with Crippen molar-refractivity contribution in [1.82, 2.24) is 5.32 Å². The average molecular weight is 241 g/mol. The van der Waals surface area contributed by atoms with E-state index in [1.807, 2.05) is 11.3 Å². The fourth-order valence-corrected chi connectivity index (χ4v) is 4.33. The monoisotopic (exact) mass is 241 g/mol. The second-order valence-electron chi connectivity index (χ2n) is 4.08. The standard InChI is InChI=1S/C12H19NS2/c1-3-13-12(11-5-4-6-14-11)10-7-9(2)15-8-10/h7-8,11-13H,3-6H2,1-2H3. The van der Waals surface area contributed by atoms with Crippen molar-refractivity contribution in [3.63, 3.8) is 0 Å². The SMILES string of the molecule is CCNC(c1csc(C)c1)C1CCCS1. The van der Waals surface area contributed by atoms with Crippen LogP contribution in [0.25, 0.3) is 0 Å². The summed E-state index contributed by atoms with van der Waals surface area (Å²) in [6.45, 7) is 5.46. The van der Waals surface area contributed by atoms with Gasteiger partial charge < -0.3 is 5.32 Å². The van der Waals surface area contributed by atoms with E-state index in [2.05, 4.69) is 42.4 Å². The Morgan fingerprint density at radius 1 is 1.60 bits per heavy atom. The maximum Gasteiger partial charge on any atom is 0.0448 e. The molecule has 0 saturated carbocycles. The van der Waals surface area contributed by atoms with E-state index in [9.17, 15) is 0 Å². The Hall–Kier alpha value is 0.01000. The van der Waals surface area contributed by atoms with Gasteiger partial charge in [0, 0.05) is 16.2 Å². The van der Waals surface area contributed by atoms with Gasteiger partial charge in [0.25, 0.3) is 0 Å². The number of thioether (sulfide) groups is 1. The molecule has 1 nitrogen and oxygen atoms in total. The van der Waals surface area contributed by atoms with Crippen molar-refractivity contribution in [3.05, 3.63) is 21.9 Å². The van der Waals surface area contributed by atoms with Gasteiger partial charge in [0.05, 0.1) is 0 Å². The second kappa shape index (κ2) is 5.37. The summed E-state index contributed by atoms with van der Waals surface area (Å²) in [6, 6.07) is 2.92. The van der Waals surface area contributed by atoms with Gasteiger partial charge in [-0.2, -0.15) is 11.8 Å². The van der Waals surface area contributed by atoms with Gasteiger partial charge >= 0.3 is 0 Å². The van der Waals surface area contributed by atoms with E-state index in [4.69, 9.17) is 0 Å². The summed E-state index contributed by atoms with van der Waals surface area (Å²) < 4.78 is 0. The Balaban J connectivity index is 2.11. The summed E-state index contributed by atoms with van der Waals surface area (Å²) in [5.41, 5.74) is 1.50. The summed E-state index contributed by atoms with van der Waals surface area (Å²) in [5, 5.41) is 6.75. The molecule has 15 heavy (non-hydrogen) atoms. The Morgan fingerprint density at radius 3 is 3.00 bits per heavy atom. The molecule has 0 bridgehead atoms. The van der Waals surface area contributed by atoms with Crippen LogP contribution in [0.5, 0.6) is 0 Å². The number of hydrogen-bond acceptors (Lipinski definition) is 3. The molecule has 1 aromatic heterocycles. The molecule has 3 heteroatoms. The zero-order valence-electron chi connectivity index (χ0n) is 9.45. The molecule has 2 rings (SSSR count).